The number of hydrogen-bond acceptors (Lipinski definition) is 6. The van der Waals surface area contributed by atoms with E-state index in [0.29, 0.717) is 27.3 Å². The van der Waals surface area contributed by atoms with Gasteiger partial charge in [0, 0.05) is 7.05 Å². The number of hydrogen-bond donors (Lipinski definition) is 1. The Morgan fingerprint density at radius 3 is 2.60 bits per heavy atom. The number of nitrogens with zero attached hydrogens (tertiary/aromatic N) is 2. The van der Waals surface area contributed by atoms with Gasteiger partial charge in [-0.3, -0.25) is 9.69 Å². The van der Waals surface area contributed by atoms with E-state index in [-0.39, 0.29) is 23.9 Å². The number of benzene rings is 3. The van der Waals surface area contributed by atoms with Crippen LogP contribution in [-0.4, -0.2) is 41.2 Å². The Morgan fingerprint density at radius 1 is 1.11 bits per heavy atom. The van der Waals surface area contributed by atoms with Crippen LogP contribution < -0.4 is 9.47 Å². The number of thioether (sulfide) groups is 1. The summed E-state index contributed by atoms with van der Waals surface area (Å²) in [5.74, 6) is -0.573. The molecule has 0 radical (unpaired) electrons. The Bertz CT molecular complexity index is 1340. The first-order valence-electron chi connectivity index (χ1n) is 10.5. The van der Waals surface area contributed by atoms with Gasteiger partial charge in [0.05, 0.1) is 23.3 Å². The molecule has 0 bridgehead atoms. The van der Waals surface area contributed by atoms with Crippen LogP contribution in [0.2, 0.25) is 0 Å². The first-order chi connectivity index (χ1) is 16.8. The average molecular weight is 493 g/mol. The van der Waals surface area contributed by atoms with Crippen LogP contribution in [0.3, 0.4) is 0 Å². The third-order valence-electron chi connectivity index (χ3n) is 5.11. The number of aliphatic imine (C=N–C) groups is 1. The molecule has 0 unspecified atom stereocenters. The molecule has 178 valence electrons. The van der Waals surface area contributed by atoms with E-state index in [2.05, 4.69) is 4.99 Å². The van der Waals surface area contributed by atoms with Crippen molar-refractivity contribution in [3.05, 3.63) is 94.1 Å². The van der Waals surface area contributed by atoms with Gasteiger partial charge >= 0.3 is 5.97 Å². The second kappa shape index (κ2) is 10.4. The summed E-state index contributed by atoms with van der Waals surface area (Å²) in [6, 6.07) is 17.6. The molecule has 35 heavy (non-hydrogen) atoms. The standard InChI is InChI=1S/C26H21FN2O5S/c1-29-24(30)23(35-26(29)28-20-5-3-4-18(14-20)25(31)32)13-17-8-11-21(22(12-17)33-2)34-15-16-6-9-19(27)10-7-16/h3-14H,15H2,1-2H3,(H,31,32). The van der Waals surface area contributed by atoms with Crippen LogP contribution in [-0.2, 0) is 11.4 Å². The Morgan fingerprint density at radius 2 is 1.89 bits per heavy atom. The molecule has 1 heterocycles. The molecule has 1 aliphatic rings. The van der Waals surface area contributed by atoms with E-state index in [1.165, 1.54) is 48.0 Å². The average Bonchev–Trinajstić information content (AvgIpc) is 3.11. The first-order valence-corrected chi connectivity index (χ1v) is 11.3. The van der Waals surface area contributed by atoms with E-state index in [1.54, 1.807) is 55.6 Å². The molecule has 0 aromatic heterocycles. The minimum atomic E-state index is -1.05. The fourth-order valence-electron chi connectivity index (χ4n) is 3.26. The lowest BCUT2D eigenvalue weighted by Gasteiger charge is -2.11. The third-order valence-corrected chi connectivity index (χ3v) is 6.17. The molecule has 1 saturated heterocycles. The van der Waals surface area contributed by atoms with Gasteiger partial charge in [0.25, 0.3) is 5.91 Å². The molecule has 7 nitrogen and oxygen atoms in total. The highest BCUT2D eigenvalue weighted by Gasteiger charge is 2.30. The van der Waals surface area contributed by atoms with Crippen LogP contribution in [0.25, 0.3) is 6.08 Å². The zero-order chi connectivity index (χ0) is 24.9. The Labute approximate surface area is 205 Å². The number of carbonyl (C=O) groups excluding carboxylic acids is 1. The summed E-state index contributed by atoms with van der Waals surface area (Å²) >= 11 is 1.19. The maximum absolute atomic E-state index is 13.1. The van der Waals surface area contributed by atoms with E-state index in [0.717, 1.165) is 11.1 Å². The number of aromatic carboxylic acids is 1. The van der Waals surface area contributed by atoms with Gasteiger partial charge < -0.3 is 14.6 Å². The second-order valence-corrected chi connectivity index (χ2v) is 8.56. The molecular weight excluding hydrogens is 471 g/mol. The molecular formula is C26H21FN2O5S. The maximum atomic E-state index is 13.1. The maximum Gasteiger partial charge on any atom is 0.335 e. The van der Waals surface area contributed by atoms with Gasteiger partial charge in [-0.25, -0.2) is 14.2 Å². The molecule has 3 aromatic carbocycles. The van der Waals surface area contributed by atoms with Crippen molar-refractivity contribution in [2.45, 2.75) is 6.61 Å². The lowest BCUT2D eigenvalue weighted by molar-refractivity contribution is -0.121. The van der Waals surface area contributed by atoms with E-state index in [4.69, 9.17) is 9.47 Å². The summed E-state index contributed by atoms with van der Waals surface area (Å²) in [5, 5.41) is 9.61. The predicted molar refractivity (Wildman–Crippen MR) is 133 cm³/mol. The number of carbonyl (C=O) groups is 2. The first kappa shape index (κ1) is 24.0. The highest BCUT2D eigenvalue weighted by Crippen LogP contribution is 2.35. The quantitative estimate of drug-likeness (QED) is 0.448. The van der Waals surface area contributed by atoms with E-state index < -0.39 is 5.97 Å². The molecule has 0 saturated carbocycles. The molecule has 0 aliphatic carbocycles. The van der Waals surface area contributed by atoms with E-state index in [9.17, 15) is 19.1 Å². The number of amides is 1. The molecule has 9 heteroatoms. The largest absolute Gasteiger partial charge is 0.493 e. The van der Waals surface area contributed by atoms with E-state index in [1.807, 2.05) is 0 Å². The van der Waals surface area contributed by atoms with Gasteiger partial charge in [-0.2, -0.15) is 0 Å². The molecule has 0 spiro atoms. The summed E-state index contributed by atoms with van der Waals surface area (Å²) in [5.41, 5.74) is 2.11. The summed E-state index contributed by atoms with van der Waals surface area (Å²) in [4.78, 5) is 30.3. The summed E-state index contributed by atoms with van der Waals surface area (Å²) in [6.45, 7) is 0.249. The van der Waals surface area contributed by atoms with Crippen molar-refractivity contribution in [1.29, 1.82) is 0 Å². The summed E-state index contributed by atoms with van der Waals surface area (Å²) in [6.07, 6.45) is 1.73. The Kier molecular flexibility index (Phi) is 7.17. The van der Waals surface area contributed by atoms with Crippen molar-refractivity contribution in [2.75, 3.05) is 14.2 Å². The highest BCUT2D eigenvalue weighted by molar-refractivity contribution is 8.18. The smallest absolute Gasteiger partial charge is 0.335 e. The normalized spacial score (nSPS) is 15.6. The number of amidine groups is 1. The van der Waals surface area contributed by atoms with Crippen LogP contribution in [0, 0.1) is 5.82 Å². The molecule has 1 aliphatic heterocycles. The third kappa shape index (κ3) is 5.70. The van der Waals surface area contributed by atoms with Crippen molar-refractivity contribution in [2.24, 2.45) is 4.99 Å². The van der Waals surface area contributed by atoms with Crippen LogP contribution >= 0.6 is 11.8 Å². The lowest BCUT2D eigenvalue weighted by atomic mass is 10.2. The molecule has 3 aromatic rings. The number of carboxylic acids is 1. The van der Waals surface area contributed by atoms with Gasteiger partial charge in [-0.15, -0.1) is 0 Å². The number of likely N-dealkylation sites (N-methyl/N-ethyl adjacent to an activating group) is 1. The lowest BCUT2D eigenvalue weighted by Crippen LogP contribution is -2.23. The van der Waals surface area contributed by atoms with Crippen LogP contribution in [0.15, 0.2) is 76.6 Å². The zero-order valence-corrected chi connectivity index (χ0v) is 19.7. The highest BCUT2D eigenvalue weighted by atomic mass is 32.2. The number of carboxylic acid groups (broad SMARTS) is 1. The van der Waals surface area contributed by atoms with Gasteiger partial charge in [-0.1, -0.05) is 24.3 Å². The molecule has 1 N–H and O–H groups in total. The Hall–Kier alpha value is -4.11. The topological polar surface area (TPSA) is 88.4 Å². The number of methoxy groups -OCH3 is 1. The van der Waals surface area contributed by atoms with Crippen LogP contribution in [0.1, 0.15) is 21.5 Å². The van der Waals surface area contributed by atoms with Gasteiger partial charge in [0.2, 0.25) is 0 Å². The SMILES string of the molecule is COc1cc(C=C2SC(=Nc3cccc(C(=O)O)c3)N(C)C2=O)ccc1OCc1ccc(F)cc1. The fourth-order valence-corrected chi connectivity index (χ4v) is 4.24. The van der Waals surface area contributed by atoms with Crippen LogP contribution in [0.5, 0.6) is 11.5 Å². The Balaban J connectivity index is 1.52. The van der Waals surface area contributed by atoms with Crippen molar-refractivity contribution < 1.29 is 28.6 Å². The van der Waals surface area contributed by atoms with Gasteiger partial charge in [-0.05, 0) is 71.4 Å². The monoisotopic (exact) mass is 492 g/mol. The minimum absolute atomic E-state index is 0.119. The number of rotatable bonds is 7. The van der Waals surface area contributed by atoms with Crippen molar-refractivity contribution >= 4 is 40.6 Å². The molecule has 1 amide bonds. The van der Waals surface area contributed by atoms with Crippen LogP contribution in [0.4, 0.5) is 10.1 Å². The second-order valence-electron chi connectivity index (χ2n) is 7.55. The minimum Gasteiger partial charge on any atom is -0.493 e. The number of halogens is 1. The van der Waals surface area contributed by atoms with Crippen molar-refractivity contribution in [3.63, 3.8) is 0 Å². The molecule has 1 fully saturated rings. The fraction of sp³-hybridized carbons (Fsp3) is 0.115. The number of ether oxygens (including phenoxy) is 2. The molecule has 4 rings (SSSR count). The summed E-state index contributed by atoms with van der Waals surface area (Å²) < 4.78 is 24.4. The predicted octanol–water partition coefficient (Wildman–Crippen LogP) is 5.35. The summed E-state index contributed by atoms with van der Waals surface area (Å²) in [7, 11) is 3.14. The van der Waals surface area contributed by atoms with Gasteiger partial charge in [0.1, 0.15) is 12.4 Å². The van der Waals surface area contributed by atoms with E-state index >= 15 is 0 Å². The van der Waals surface area contributed by atoms with Crippen molar-refractivity contribution in [3.8, 4) is 11.5 Å². The zero-order valence-electron chi connectivity index (χ0n) is 18.9. The van der Waals surface area contributed by atoms with Crippen molar-refractivity contribution in [1.82, 2.24) is 4.90 Å². The van der Waals surface area contributed by atoms with Gasteiger partial charge in [0.15, 0.2) is 16.7 Å². The molecule has 0 atom stereocenters.